The Morgan fingerprint density at radius 2 is 2.00 bits per heavy atom. The predicted molar refractivity (Wildman–Crippen MR) is 95.9 cm³/mol. The fraction of sp³-hybridized carbons (Fsp3) is 0.250. The molecule has 0 aliphatic rings. The Morgan fingerprint density at radius 3 is 2.67 bits per heavy atom. The van der Waals surface area contributed by atoms with Gasteiger partial charge in [0.25, 0.3) is 0 Å². The number of hydrogen-bond donors (Lipinski definition) is 1. The van der Waals surface area contributed by atoms with Crippen molar-refractivity contribution >= 4 is 51.4 Å². The standard InChI is InChI=1S/C16H15F2N3O4S.Na/c1-23-13-5-6-19-12(14(13)24-2)8-26(22)16-20-10-4-3-9(25-15(17)18)7-11(10)21-16;/h3-7,15H,8H2,1-2H3,(H,20,21);/t26-;/m1./s1. The number of aromatic nitrogens is 3. The van der Waals surface area contributed by atoms with Crippen molar-refractivity contribution in [1.82, 2.24) is 15.0 Å². The van der Waals surface area contributed by atoms with Gasteiger partial charge in [0.2, 0.25) is 0 Å². The summed E-state index contributed by atoms with van der Waals surface area (Å²) in [6.07, 6.45) is 1.53. The summed E-state index contributed by atoms with van der Waals surface area (Å²) in [5.41, 5.74) is 1.38. The largest absolute Gasteiger partial charge is 0.493 e. The third-order valence-electron chi connectivity index (χ3n) is 3.51. The molecule has 0 unspecified atom stereocenters. The number of rotatable bonds is 7. The Hall–Kier alpha value is -1.75. The van der Waals surface area contributed by atoms with Crippen LogP contribution in [0.5, 0.6) is 17.2 Å². The SMILES string of the molecule is COc1ccnc(C[S@@](=O)c2nc3ccc(OC(F)F)cc3[nH]2)c1OC.[Na]. The fourth-order valence-electron chi connectivity index (χ4n) is 2.40. The molecular formula is C16H15F2N3NaO4S. The smallest absolute Gasteiger partial charge is 0.387 e. The molecule has 0 saturated heterocycles. The minimum Gasteiger partial charge on any atom is -0.493 e. The molecule has 11 heteroatoms. The normalized spacial score (nSPS) is 11.9. The molecule has 3 rings (SSSR count). The molecule has 0 aliphatic heterocycles. The number of halogens is 2. The van der Waals surface area contributed by atoms with Gasteiger partial charge < -0.3 is 19.2 Å². The Bertz CT molecular complexity index is 955. The second kappa shape index (κ2) is 9.45. The van der Waals surface area contributed by atoms with Gasteiger partial charge in [-0.15, -0.1) is 0 Å². The number of fused-ring (bicyclic) bond motifs is 1. The van der Waals surface area contributed by atoms with E-state index in [1.807, 2.05) is 0 Å². The van der Waals surface area contributed by atoms with E-state index in [4.69, 9.17) is 9.47 Å². The quantitative estimate of drug-likeness (QED) is 0.607. The van der Waals surface area contributed by atoms with E-state index < -0.39 is 17.4 Å². The van der Waals surface area contributed by atoms with E-state index in [0.29, 0.717) is 28.2 Å². The third kappa shape index (κ3) is 4.95. The van der Waals surface area contributed by atoms with E-state index in [1.54, 1.807) is 6.07 Å². The van der Waals surface area contributed by atoms with E-state index in [0.717, 1.165) is 0 Å². The molecule has 1 aromatic carbocycles. The summed E-state index contributed by atoms with van der Waals surface area (Å²) < 4.78 is 52.1. The Labute approximate surface area is 178 Å². The van der Waals surface area contributed by atoms with Gasteiger partial charge in [0, 0.05) is 47.9 Å². The molecule has 0 bridgehead atoms. The van der Waals surface area contributed by atoms with Crippen molar-refractivity contribution < 1.29 is 27.2 Å². The first kappa shape index (κ1) is 21.5. The summed E-state index contributed by atoms with van der Waals surface area (Å²) in [6.45, 7) is -2.92. The summed E-state index contributed by atoms with van der Waals surface area (Å²) in [5.74, 6) is 0.908. The Kier molecular flexibility index (Phi) is 7.54. The molecule has 0 saturated carbocycles. The molecule has 0 fully saturated rings. The second-order valence-corrected chi connectivity index (χ2v) is 6.45. The van der Waals surface area contributed by atoms with Crippen LogP contribution < -0.4 is 14.2 Å². The first-order valence-corrected chi connectivity index (χ1v) is 8.72. The van der Waals surface area contributed by atoms with Crippen LogP contribution in [0.3, 0.4) is 0 Å². The molecule has 3 aromatic rings. The van der Waals surface area contributed by atoms with E-state index in [2.05, 4.69) is 19.7 Å². The van der Waals surface area contributed by atoms with Gasteiger partial charge >= 0.3 is 6.61 Å². The van der Waals surface area contributed by atoms with Crippen molar-refractivity contribution in [1.29, 1.82) is 0 Å². The third-order valence-corrected chi connectivity index (χ3v) is 4.67. The van der Waals surface area contributed by atoms with Gasteiger partial charge in [-0.1, -0.05) is 0 Å². The Balaban J connectivity index is 0.00000261. The van der Waals surface area contributed by atoms with Gasteiger partial charge in [-0.2, -0.15) is 8.78 Å². The monoisotopic (exact) mass is 406 g/mol. The van der Waals surface area contributed by atoms with E-state index in [1.165, 1.54) is 38.6 Å². The van der Waals surface area contributed by atoms with Crippen LogP contribution in [-0.2, 0) is 16.6 Å². The average Bonchev–Trinajstić information content (AvgIpc) is 3.04. The number of H-pyrrole nitrogens is 1. The van der Waals surface area contributed by atoms with Gasteiger partial charge in [-0.25, -0.2) is 4.98 Å². The minimum atomic E-state index is -2.92. The van der Waals surface area contributed by atoms with Crippen molar-refractivity contribution in [2.45, 2.75) is 17.5 Å². The predicted octanol–water partition coefficient (Wildman–Crippen LogP) is 2.50. The number of ether oxygens (including phenoxy) is 3. The molecule has 1 atom stereocenters. The summed E-state index contributed by atoms with van der Waals surface area (Å²) in [6, 6.07) is 5.89. The summed E-state index contributed by atoms with van der Waals surface area (Å²) in [7, 11) is 1.41. The second-order valence-electron chi connectivity index (χ2n) is 5.08. The van der Waals surface area contributed by atoms with Gasteiger partial charge in [0.1, 0.15) is 5.75 Å². The molecule has 27 heavy (non-hydrogen) atoms. The Morgan fingerprint density at radius 1 is 1.22 bits per heavy atom. The number of benzene rings is 1. The van der Waals surface area contributed by atoms with E-state index in [-0.39, 0.29) is 46.2 Å². The fourth-order valence-corrected chi connectivity index (χ4v) is 3.41. The number of imidazole rings is 1. The zero-order valence-electron chi connectivity index (χ0n) is 14.9. The molecule has 7 nitrogen and oxygen atoms in total. The van der Waals surface area contributed by atoms with E-state index in [9.17, 15) is 13.0 Å². The summed E-state index contributed by atoms with van der Waals surface area (Å²) in [4.78, 5) is 11.3. The molecule has 0 aliphatic carbocycles. The van der Waals surface area contributed by atoms with Crippen molar-refractivity contribution in [3.63, 3.8) is 0 Å². The number of nitrogens with one attached hydrogen (secondary N) is 1. The number of nitrogens with zero attached hydrogens (tertiary/aromatic N) is 2. The zero-order chi connectivity index (χ0) is 18.7. The molecule has 0 spiro atoms. The van der Waals surface area contributed by atoms with Crippen molar-refractivity contribution in [3.05, 3.63) is 36.2 Å². The topological polar surface area (TPSA) is 86.3 Å². The van der Waals surface area contributed by atoms with Crippen LogP contribution in [0.1, 0.15) is 5.69 Å². The number of pyridine rings is 1. The summed E-state index contributed by atoms with van der Waals surface area (Å²) >= 11 is 0. The molecule has 1 N–H and O–H groups in total. The number of hydrogen-bond acceptors (Lipinski definition) is 6. The van der Waals surface area contributed by atoms with Crippen molar-refractivity contribution in [2.24, 2.45) is 0 Å². The maximum atomic E-state index is 12.6. The van der Waals surface area contributed by atoms with Crippen molar-refractivity contribution in [2.75, 3.05) is 14.2 Å². The molecular weight excluding hydrogens is 391 g/mol. The van der Waals surface area contributed by atoms with Crippen LogP contribution in [0.15, 0.2) is 35.6 Å². The number of aromatic amines is 1. The van der Waals surface area contributed by atoms with Crippen LogP contribution in [0, 0.1) is 0 Å². The van der Waals surface area contributed by atoms with Crippen LogP contribution >= 0.6 is 0 Å². The first-order chi connectivity index (χ1) is 12.5. The summed E-state index contributed by atoms with van der Waals surface area (Å²) in [5, 5.41) is 0.195. The number of alkyl halides is 2. The van der Waals surface area contributed by atoms with Crippen LogP contribution in [0.4, 0.5) is 8.78 Å². The maximum absolute atomic E-state index is 12.6. The number of methoxy groups -OCH3 is 2. The van der Waals surface area contributed by atoms with Crippen LogP contribution in [-0.4, -0.2) is 69.5 Å². The minimum absolute atomic E-state index is 0. The van der Waals surface area contributed by atoms with Crippen LogP contribution in [0.25, 0.3) is 11.0 Å². The molecule has 0 amide bonds. The van der Waals surface area contributed by atoms with Crippen LogP contribution in [0.2, 0.25) is 0 Å². The molecule has 2 heterocycles. The first-order valence-electron chi connectivity index (χ1n) is 7.40. The van der Waals surface area contributed by atoms with Gasteiger partial charge in [-0.3, -0.25) is 9.19 Å². The molecule has 139 valence electrons. The van der Waals surface area contributed by atoms with Gasteiger partial charge in [-0.05, 0) is 12.1 Å². The average molecular weight is 406 g/mol. The zero-order valence-corrected chi connectivity index (χ0v) is 17.7. The van der Waals surface area contributed by atoms with Gasteiger partial charge in [0.05, 0.1) is 47.5 Å². The molecule has 1 radical (unpaired) electrons. The van der Waals surface area contributed by atoms with Crippen molar-refractivity contribution in [3.8, 4) is 17.2 Å². The molecule has 2 aromatic heterocycles. The van der Waals surface area contributed by atoms with Gasteiger partial charge in [0.15, 0.2) is 16.7 Å². The van der Waals surface area contributed by atoms with E-state index >= 15 is 0 Å². The maximum Gasteiger partial charge on any atom is 0.387 e.